The van der Waals surface area contributed by atoms with Crippen LogP contribution in [0.1, 0.15) is 11.1 Å². The molecule has 0 aromatic heterocycles. The average Bonchev–Trinajstić information content (AvgIpc) is 2.46. The second kappa shape index (κ2) is 5.23. The van der Waals surface area contributed by atoms with Crippen LogP contribution in [0.2, 0.25) is 0 Å². The van der Waals surface area contributed by atoms with Gasteiger partial charge in [-0.25, -0.2) is 0 Å². The Balaban J connectivity index is 1.60. The largest absolute Gasteiger partial charge is 0.383 e. The molecule has 2 N–H and O–H groups in total. The van der Waals surface area contributed by atoms with Crippen LogP contribution in [0.3, 0.4) is 0 Å². The molecule has 2 aromatic rings. The van der Waals surface area contributed by atoms with Crippen LogP contribution in [0.25, 0.3) is 0 Å². The highest BCUT2D eigenvalue weighted by molar-refractivity contribution is 5.42. The molecule has 3 rings (SSSR count). The van der Waals surface area contributed by atoms with Crippen molar-refractivity contribution in [2.45, 2.75) is 19.0 Å². The van der Waals surface area contributed by atoms with Gasteiger partial charge in [0.05, 0.1) is 0 Å². The van der Waals surface area contributed by atoms with E-state index in [4.69, 9.17) is 0 Å². The third kappa shape index (κ3) is 2.54. The molecule has 92 valence electrons. The standard InChI is InChI=1S/C16H18N2/c1-2-8-15(9-3-1)18-12-16-10-13-6-4-5-7-14(13)11-17-16/h1-9,16-18H,10-12H2/t16-/m0/s1. The summed E-state index contributed by atoms with van der Waals surface area (Å²) in [6, 6.07) is 19.6. The monoisotopic (exact) mass is 238 g/mol. The van der Waals surface area contributed by atoms with Gasteiger partial charge in [0.15, 0.2) is 0 Å². The van der Waals surface area contributed by atoms with Crippen LogP contribution in [0.5, 0.6) is 0 Å². The first-order chi connectivity index (χ1) is 8.92. The predicted molar refractivity (Wildman–Crippen MR) is 75.7 cm³/mol. The van der Waals surface area contributed by atoms with E-state index in [-0.39, 0.29) is 0 Å². The highest BCUT2D eigenvalue weighted by Gasteiger charge is 2.16. The summed E-state index contributed by atoms with van der Waals surface area (Å²) < 4.78 is 0. The number of anilines is 1. The molecule has 2 aromatic carbocycles. The number of benzene rings is 2. The minimum atomic E-state index is 0.514. The van der Waals surface area contributed by atoms with E-state index in [1.165, 1.54) is 16.8 Å². The summed E-state index contributed by atoms with van der Waals surface area (Å²) in [5, 5.41) is 7.07. The Morgan fingerprint density at radius 3 is 2.50 bits per heavy atom. The van der Waals surface area contributed by atoms with Gasteiger partial charge in [-0.2, -0.15) is 0 Å². The maximum absolute atomic E-state index is 3.58. The van der Waals surface area contributed by atoms with Crippen molar-refractivity contribution in [1.29, 1.82) is 0 Å². The molecule has 1 heterocycles. The van der Waals surface area contributed by atoms with Crippen LogP contribution in [0, 0.1) is 0 Å². The summed E-state index contributed by atoms with van der Waals surface area (Å²) in [6.07, 6.45) is 1.11. The van der Waals surface area contributed by atoms with Crippen molar-refractivity contribution >= 4 is 5.69 Å². The molecule has 0 saturated heterocycles. The van der Waals surface area contributed by atoms with E-state index in [1.54, 1.807) is 0 Å². The van der Waals surface area contributed by atoms with Crippen molar-refractivity contribution in [3.63, 3.8) is 0 Å². The normalized spacial score (nSPS) is 18.1. The minimum Gasteiger partial charge on any atom is -0.383 e. The van der Waals surface area contributed by atoms with E-state index in [1.807, 2.05) is 6.07 Å². The molecule has 1 aliphatic rings. The van der Waals surface area contributed by atoms with E-state index in [2.05, 4.69) is 59.2 Å². The van der Waals surface area contributed by atoms with Crippen molar-refractivity contribution in [3.8, 4) is 0 Å². The molecule has 2 nitrogen and oxygen atoms in total. The Morgan fingerprint density at radius 2 is 1.67 bits per heavy atom. The highest BCUT2D eigenvalue weighted by atomic mass is 15.0. The van der Waals surface area contributed by atoms with Crippen molar-refractivity contribution in [2.75, 3.05) is 11.9 Å². The van der Waals surface area contributed by atoms with E-state index in [0.29, 0.717) is 6.04 Å². The van der Waals surface area contributed by atoms with Crippen molar-refractivity contribution in [1.82, 2.24) is 5.32 Å². The average molecular weight is 238 g/mol. The molecule has 0 aliphatic carbocycles. The van der Waals surface area contributed by atoms with Gasteiger partial charge in [-0.1, -0.05) is 42.5 Å². The lowest BCUT2D eigenvalue weighted by Crippen LogP contribution is -2.40. The van der Waals surface area contributed by atoms with Crippen LogP contribution in [-0.2, 0) is 13.0 Å². The molecule has 0 bridgehead atoms. The number of para-hydroxylation sites is 1. The van der Waals surface area contributed by atoms with Gasteiger partial charge in [0.2, 0.25) is 0 Å². The van der Waals surface area contributed by atoms with Gasteiger partial charge < -0.3 is 10.6 Å². The molecule has 1 aliphatic heterocycles. The minimum absolute atomic E-state index is 0.514. The molecule has 0 radical (unpaired) electrons. The van der Waals surface area contributed by atoms with Gasteiger partial charge in [-0.05, 0) is 29.7 Å². The molecular weight excluding hydrogens is 220 g/mol. The molecule has 18 heavy (non-hydrogen) atoms. The number of hydrogen-bond acceptors (Lipinski definition) is 2. The number of nitrogens with one attached hydrogen (secondary N) is 2. The van der Waals surface area contributed by atoms with E-state index < -0.39 is 0 Å². The SMILES string of the molecule is c1ccc(NC[C@@H]2Cc3ccccc3CN2)cc1. The van der Waals surface area contributed by atoms with Crippen molar-refractivity contribution in [3.05, 3.63) is 65.7 Å². The van der Waals surface area contributed by atoms with Gasteiger partial charge >= 0.3 is 0 Å². The maximum Gasteiger partial charge on any atom is 0.0340 e. The van der Waals surface area contributed by atoms with Crippen LogP contribution in [0.15, 0.2) is 54.6 Å². The quantitative estimate of drug-likeness (QED) is 0.859. The first kappa shape index (κ1) is 11.3. The maximum atomic E-state index is 3.58. The lowest BCUT2D eigenvalue weighted by molar-refractivity contribution is 0.497. The molecule has 0 fully saturated rings. The van der Waals surface area contributed by atoms with E-state index >= 15 is 0 Å². The number of rotatable bonds is 3. The van der Waals surface area contributed by atoms with Crippen LogP contribution in [-0.4, -0.2) is 12.6 Å². The fourth-order valence-electron chi connectivity index (χ4n) is 2.46. The third-order valence-corrected chi connectivity index (χ3v) is 3.49. The molecule has 2 heteroatoms. The van der Waals surface area contributed by atoms with Gasteiger partial charge in [-0.15, -0.1) is 0 Å². The summed E-state index contributed by atoms with van der Waals surface area (Å²) in [7, 11) is 0. The molecule has 0 saturated carbocycles. The topological polar surface area (TPSA) is 24.1 Å². The Kier molecular flexibility index (Phi) is 3.29. The van der Waals surface area contributed by atoms with Crippen molar-refractivity contribution in [2.24, 2.45) is 0 Å². The second-order valence-corrected chi connectivity index (χ2v) is 4.80. The summed E-state index contributed by atoms with van der Waals surface area (Å²) >= 11 is 0. The van der Waals surface area contributed by atoms with E-state index in [0.717, 1.165) is 19.5 Å². The Morgan fingerprint density at radius 1 is 0.944 bits per heavy atom. The molecular formula is C16H18N2. The first-order valence-electron chi connectivity index (χ1n) is 6.51. The summed E-state index contributed by atoms with van der Waals surface area (Å²) in [4.78, 5) is 0. The fourth-order valence-corrected chi connectivity index (χ4v) is 2.46. The van der Waals surface area contributed by atoms with E-state index in [9.17, 15) is 0 Å². The van der Waals surface area contributed by atoms with Crippen LogP contribution < -0.4 is 10.6 Å². The number of hydrogen-bond donors (Lipinski definition) is 2. The summed E-state index contributed by atoms with van der Waals surface area (Å²) in [6.45, 7) is 1.95. The molecule has 0 unspecified atom stereocenters. The zero-order valence-corrected chi connectivity index (χ0v) is 10.4. The van der Waals surface area contributed by atoms with Gasteiger partial charge in [0, 0.05) is 24.8 Å². The zero-order chi connectivity index (χ0) is 12.2. The predicted octanol–water partition coefficient (Wildman–Crippen LogP) is 2.81. The Hall–Kier alpha value is -1.80. The zero-order valence-electron chi connectivity index (χ0n) is 10.4. The van der Waals surface area contributed by atoms with Crippen molar-refractivity contribution < 1.29 is 0 Å². The summed E-state index contributed by atoms with van der Waals surface area (Å²) in [5.74, 6) is 0. The van der Waals surface area contributed by atoms with Gasteiger partial charge in [0.25, 0.3) is 0 Å². The van der Waals surface area contributed by atoms with Gasteiger partial charge in [-0.3, -0.25) is 0 Å². The Labute approximate surface area is 108 Å². The highest BCUT2D eigenvalue weighted by Crippen LogP contribution is 2.16. The lowest BCUT2D eigenvalue weighted by atomic mass is 9.96. The van der Waals surface area contributed by atoms with Crippen LogP contribution >= 0.6 is 0 Å². The molecule has 1 atom stereocenters. The Bertz CT molecular complexity index is 508. The number of fused-ring (bicyclic) bond motifs is 1. The molecule has 0 amide bonds. The lowest BCUT2D eigenvalue weighted by Gasteiger charge is -2.26. The molecule has 0 spiro atoms. The van der Waals surface area contributed by atoms with Gasteiger partial charge in [0.1, 0.15) is 0 Å². The summed E-state index contributed by atoms with van der Waals surface area (Å²) in [5.41, 5.74) is 4.11. The third-order valence-electron chi connectivity index (χ3n) is 3.49. The second-order valence-electron chi connectivity index (χ2n) is 4.80. The smallest absolute Gasteiger partial charge is 0.0340 e. The first-order valence-corrected chi connectivity index (χ1v) is 6.51. The van der Waals surface area contributed by atoms with Crippen LogP contribution in [0.4, 0.5) is 5.69 Å². The fraction of sp³-hybridized carbons (Fsp3) is 0.250.